The summed E-state index contributed by atoms with van der Waals surface area (Å²) in [6, 6.07) is 10.8. The van der Waals surface area contributed by atoms with Crippen molar-refractivity contribution in [3.05, 3.63) is 41.5 Å². The number of hydrogen-bond donors (Lipinski definition) is 1. The van der Waals surface area contributed by atoms with Crippen LogP contribution in [0.25, 0.3) is 0 Å². The second-order valence-electron chi connectivity index (χ2n) is 9.23. The van der Waals surface area contributed by atoms with E-state index in [1.54, 1.807) is 0 Å². The zero-order chi connectivity index (χ0) is 27.0. The molecule has 0 unspecified atom stereocenters. The van der Waals surface area contributed by atoms with E-state index in [0.29, 0.717) is 24.4 Å². The standard InChI is InChI=1S/C27H42N6O2.C2H6/c1-6-12-33(13-7-2)26-20-25(28-27(29-26)35-19-16-32-14-17-34-18-15-32)31-30-22(5)24-11-9-8-10-23(24)21(3)4;1-2/h8-11,20-21H,6-7,12-19H2,1-5H3,(H,28,29,31);1-2H3/b30-22-;. The lowest BCUT2D eigenvalue weighted by Crippen LogP contribution is -2.38. The molecule has 0 amide bonds. The molecule has 37 heavy (non-hydrogen) atoms. The summed E-state index contributed by atoms with van der Waals surface area (Å²) in [6.45, 7) is 21.4. The fourth-order valence-electron chi connectivity index (χ4n) is 4.20. The number of benzene rings is 1. The van der Waals surface area contributed by atoms with Crippen LogP contribution in [0.15, 0.2) is 35.4 Å². The zero-order valence-corrected chi connectivity index (χ0v) is 24.1. The predicted molar refractivity (Wildman–Crippen MR) is 155 cm³/mol. The Morgan fingerprint density at radius 2 is 1.78 bits per heavy atom. The maximum atomic E-state index is 6.02. The van der Waals surface area contributed by atoms with Gasteiger partial charge in [-0.2, -0.15) is 15.1 Å². The molecule has 1 aromatic heterocycles. The van der Waals surface area contributed by atoms with E-state index >= 15 is 0 Å². The average Bonchev–Trinajstić information content (AvgIpc) is 2.93. The highest BCUT2D eigenvalue weighted by atomic mass is 16.5. The third kappa shape index (κ3) is 9.93. The number of aromatic nitrogens is 2. The van der Waals surface area contributed by atoms with Crippen LogP contribution in [0.2, 0.25) is 0 Å². The van der Waals surface area contributed by atoms with Crippen LogP contribution < -0.4 is 15.1 Å². The van der Waals surface area contributed by atoms with Crippen LogP contribution in [-0.4, -0.2) is 73.1 Å². The summed E-state index contributed by atoms with van der Waals surface area (Å²) in [6.07, 6.45) is 2.09. The van der Waals surface area contributed by atoms with Gasteiger partial charge in [0, 0.05) is 44.4 Å². The van der Waals surface area contributed by atoms with Crippen LogP contribution in [0.1, 0.15) is 78.4 Å². The molecule has 3 rings (SSSR count). The first-order chi connectivity index (χ1) is 18.0. The number of hydrogen-bond acceptors (Lipinski definition) is 8. The number of hydrazone groups is 1. The molecule has 1 aliphatic heterocycles. The van der Waals surface area contributed by atoms with E-state index in [-0.39, 0.29) is 0 Å². The van der Waals surface area contributed by atoms with Gasteiger partial charge < -0.3 is 14.4 Å². The van der Waals surface area contributed by atoms with Gasteiger partial charge in [0.1, 0.15) is 12.4 Å². The maximum Gasteiger partial charge on any atom is 0.320 e. The molecule has 1 fully saturated rings. The van der Waals surface area contributed by atoms with Crippen LogP contribution in [0.4, 0.5) is 11.6 Å². The van der Waals surface area contributed by atoms with Crippen molar-refractivity contribution in [1.29, 1.82) is 0 Å². The van der Waals surface area contributed by atoms with Gasteiger partial charge >= 0.3 is 6.01 Å². The first-order valence-corrected chi connectivity index (χ1v) is 14.0. The Bertz CT molecular complexity index is 938. The number of nitrogens with zero attached hydrogens (tertiary/aromatic N) is 5. The van der Waals surface area contributed by atoms with Crippen LogP contribution in [0, 0.1) is 0 Å². The first kappa shape index (κ1) is 30.5. The minimum atomic E-state index is 0.380. The summed E-state index contributed by atoms with van der Waals surface area (Å²) in [5.74, 6) is 1.92. The highest BCUT2D eigenvalue weighted by Gasteiger charge is 2.14. The molecule has 0 spiro atoms. The van der Waals surface area contributed by atoms with E-state index in [4.69, 9.17) is 14.5 Å². The molecule has 0 radical (unpaired) electrons. The Morgan fingerprint density at radius 3 is 2.43 bits per heavy atom. The smallest absolute Gasteiger partial charge is 0.320 e. The Kier molecular flexibility index (Phi) is 14.0. The molecule has 8 nitrogen and oxygen atoms in total. The largest absolute Gasteiger partial charge is 0.462 e. The topological polar surface area (TPSA) is 75.1 Å². The Hall–Kier alpha value is -2.71. The lowest BCUT2D eigenvalue weighted by Gasteiger charge is -2.26. The molecule has 1 N–H and O–H groups in total. The molecule has 2 heterocycles. The van der Waals surface area contributed by atoms with Gasteiger partial charge in [0.15, 0.2) is 5.82 Å². The van der Waals surface area contributed by atoms with Gasteiger partial charge in [0.2, 0.25) is 0 Å². The fraction of sp³-hybridized carbons (Fsp3) is 0.621. The summed E-state index contributed by atoms with van der Waals surface area (Å²) in [5.41, 5.74) is 6.52. The summed E-state index contributed by atoms with van der Waals surface area (Å²) in [5, 5.41) is 4.68. The summed E-state index contributed by atoms with van der Waals surface area (Å²) in [4.78, 5) is 14.0. The van der Waals surface area contributed by atoms with E-state index in [1.165, 1.54) is 5.56 Å². The minimum absolute atomic E-state index is 0.380. The molecule has 2 aromatic rings. The van der Waals surface area contributed by atoms with Gasteiger partial charge in [-0.25, -0.2) is 0 Å². The molecule has 0 aliphatic carbocycles. The van der Waals surface area contributed by atoms with Crippen molar-refractivity contribution in [3.8, 4) is 6.01 Å². The molecule has 8 heteroatoms. The first-order valence-electron chi connectivity index (χ1n) is 14.0. The molecular formula is C29H48N6O2. The number of nitrogens with one attached hydrogen (secondary N) is 1. The van der Waals surface area contributed by atoms with E-state index < -0.39 is 0 Å². The third-order valence-corrected chi connectivity index (χ3v) is 6.06. The summed E-state index contributed by atoms with van der Waals surface area (Å²) < 4.78 is 11.5. The molecule has 0 saturated carbocycles. The van der Waals surface area contributed by atoms with Crippen molar-refractivity contribution in [2.45, 2.75) is 67.2 Å². The van der Waals surface area contributed by atoms with Gasteiger partial charge in [0.25, 0.3) is 0 Å². The van der Waals surface area contributed by atoms with Gasteiger partial charge in [0.05, 0.1) is 18.9 Å². The maximum absolute atomic E-state index is 6.02. The number of anilines is 2. The normalized spacial score (nSPS) is 14.2. The molecule has 0 bridgehead atoms. The van der Waals surface area contributed by atoms with Crippen LogP contribution in [0.3, 0.4) is 0 Å². The van der Waals surface area contributed by atoms with Crippen molar-refractivity contribution in [2.24, 2.45) is 5.10 Å². The van der Waals surface area contributed by atoms with Gasteiger partial charge in [-0.1, -0.05) is 65.8 Å². The van der Waals surface area contributed by atoms with Crippen LogP contribution >= 0.6 is 0 Å². The van der Waals surface area contributed by atoms with E-state index in [2.05, 4.69) is 77.3 Å². The average molecular weight is 513 g/mol. The molecular weight excluding hydrogens is 464 g/mol. The highest BCUT2D eigenvalue weighted by molar-refractivity contribution is 6.00. The number of ether oxygens (including phenoxy) is 2. The highest BCUT2D eigenvalue weighted by Crippen LogP contribution is 2.22. The summed E-state index contributed by atoms with van der Waals surface area (Å²) in [7, 11) is 0. The van der Waals surface area contributed by atoms with Crippen molar-refractivity contribution in [3.63, 3.8) is 0 Å². The Labute approximate surface area is 224 Å². The Morgan fingerprint density at radius 1 is 1.11 bits per heavy atom. The van der Waals surface area contributed by atoms with Crippen molar-refractivity contribution in [2.75, 3.05) is 62.9 Å². The fourth-order valence-corrected chi connectivity index (χ4v) is 4.20. The summed E-state index contributed by atoms with van der Waals surface area (Å²) >= 11 is 0. The molecule has 0 atom stereocenters. The number of morpholine rings is 1. The molecule has 1 aliphatic rings. The second kappa shape index (κ2) is 16.9. The van der Waals surface area contributed by atoms with Crippen molar-refractivity contribution in [1.82, 2.24) is 14.9 Å². The molecule has 1 aromatic carbocycles. The van der Waals surface area contributed by atoms with Crippen LogP contribution in [0.5, 0.6) is 6.01 Å². The minimum Gasteiger partial charge on any atom is -0.462 e. The van der Waals surface area contributed by atoms with E-state index in [9.17, 15) is 0 Å². The number of rotatable bonds is 13. The quantitative estimate of drug-likeness (QED) is 0.268. The van der Waals surface area contributed by atoms with Gasteiger partial charge in [-0.05, 0) is 31.2 Å². The third-order valence-electron chi connectivity index (χ3n) is 6.06. The molecule has 206 valence electrons. The van der Waals surface area contributed by atoms with Crippen LogP contribution in [-0.2, 0) is 4.74 Å². The van der Waals surface area contributed by atoms with E-state index in [1.807, 2.05) is 26.8 Å². The Balaban J connectivity index is 0.00000235. The van der Waals surface area contributed by atoms with E-state index in [0.717, 1.165) is 75.9 Å². The van der Waals surface area contributed by atoms with Gasteiger partial charge in [-0.3, -0.25) is 10.3 Å². The predicted octanol–water partition coefficient (Wildman–Crippen LogP) is 5.80. The zero-order valence-electron chi connectivity index (χ0n) is 24.1. The van der Waals surface area contributed by atoms with Crippen molar-refractivity contribution < 1.29 is 9.47 Å². The SMILES string of the molecule is CC.CCCN(CCC)c1cc(N/N=C(/C)c2ccccc2C(C)C)nc(OCCN2CCOCC2)n1. The lowest BCUT2D eigenvalue weighted by molar-refractivity contribution is 0.0317. The van der Waals surface area contributed by atoms with Gasteiger partial charge in [-0.15, -0.1) is 0 Å². The molecule has 1 saturated heterocycles. The van der Waals surface area contributed by atoms with Crippen molar-refractivity contribution >= 4 is 17.3 Å². The monoisotopic (exact) mass is 512 g/mol. The second-order valence-corrected chi connectivity index (χ2v) is 9.23. The lowest BCUT2D eigenvalue weighted by atomic mass is 9.95.